The minimum absolute atomic E-state index is 0. The molecule has 7 heteroatoms. The zero-order chi connectivity index (χ0) is 10.3. The SMILES string of the molecule is CC(S)C(=O)O.CC(S)C(=O)O.[Cu]. The van der Waals surface area contributed by atoms with E-state index in [4.69, 9.17) is 10.2 Å². The van der Waals surface area contributed by atoms with E-state index in [0.29, 0.717) is 0 Å². The number of carboxylic acids is 2. The molecule has 0 saturated carbocycles. The molecule has 0 fully saturated rings. The van der Waals surface area contributed by atoms with Crippen LogP contribution in [0.5, 0.6) is 0 Å². The van der Waals surface area contributed by atoms with E-state index in [1.54, 1.807) is 0 Å². The van der Waals surface area contributed by atoms with Gasteiger partial charge >= 0.3 is 11.9 Å². The summed E-state index contributed by atoms with van der Waals surface area (Å²) in [6, 6.07) is 0. The summed E-state index contributed by atoms with van der Waals surface area (Å²) in [5, 5.41) is 14.8. The average Bonchev–Trinajstić information content (AvgIpc) is 1.88. The number of carboxylic acid groups (broad SMARTS) is 2. The Labute approximate surface area is 98.4 Å². The first kappa shape index (κ1) is 18.9. The molecule has 1 radical (unpaired) electrons. The van der Waals surface area contributed by atoms with Crippen LogP contribution >= 0.6 is 25.3 Å². The van der Waals surface area contributed by atoms with Crippen LogP contribution < -0.4 is 0 Å². The van der Waals surface area contributed by atoms with Crippen molar-refractivity contribution in [2.24, 2.45) is 0 Å². The molecule has 0 aromatic carbocycles. The first-order chi connectivity index (χ1) is 5.29. The topological polar surface area (TPSA) is 74.6 Å². The number of rotatable bonds is 2. The molecule has 0 aromatic heterocycles. The maximum Gasteiger partial charge on any atom is 0.316 e. The van der Waals surface area contributed by atoms with Gasteiger partial charge in [0.05, 0.1) is 10.5 Å². The minimum Gasteiger partial charge on any atom is -0.480 e. The van der Waals surface area contributed by atoms with Crippen molar-refractivity contribution in [3.05, 3.63) is 0 Å². The second-order valence-corrected chi connectivity index (χ2v) is 3.58. The van der Waals surface area contributed by atoms with Crippen LogP contribution in [-0.2, 0) is 26.7 Å². The van der Waals surface area contributed by atoms with Gasteiger partial charge in [0.15, 0.2) is 0 Å². The fraction of sp³-hybridized carbons (Fsp3) is 0.667. The van der Waals surface area contributed by atoms with Gasteiger partial charge in [-0.05, 0) is 13.8 Å². The molecule has 0 saturated heterocycles. The van der Waals surface area contributed by atoms with Crippen molar-refractivity contribution in [2.45, 2.75) is 24.3 Å². The Hall–Kier alpha value is 0.159. The fourth-order valence-corrected chi connectivity index (χ4v) is 0. The third-order valence-corrected chi connectivity index (χ3v) is 1.16. The van der Waals surface area contributed by atoms with Crippen molar-refractivity contribution in [3.8, 4) is 0 Å². The van der Waals surface area contributed by atoms with Crippen LogP contribution in [0.2, 0.25) is 0 Å². The molecule has 0 aliphatic heterocycles. The van der Waals surface area contributed by atoms with Crippen molar-refractivity contribution in [3.63, 3.8) is 0 Å². The van der Waals surface area contributed by atoms with Gasteiger partial charge in [0, 0.05) is 17.1 Å². The van der Waals surface area contributed by atoms with Crippen LogP contribution in [0, 0.1) is 0 Å². The molecule has 2 unspecified atom stereocenters. The molecule has 4 nitrogen and oxygen atoms in total. The van der Waals surface area contributed by atoms with Gasteiger partial charge in [0.25, 0.3) is 0 Å². The van der Waals surface area contributed by atoms with E-state index in [-0.39, 0.29) is 17.1 Å². The maximum absolute atomic E-state index is 9.62. The van der Waals surface area contributed by atoms with Gasteiger partial charge in [-0.15, -0.1) is 0 Å². The van der Waals surface area contributed by atoms with Gasteiger partial charge in [-0.2, -0.15) is 25.3 Å². The van der Waals surface area contributed by atoms with E-state index in [0.717, 1.165) is 0 Å². The molecule has 2 atom stereocenters. The zero-order valence-corrected chi connectivity index (χ0v) is 9.79. The standard InChI is InChI=1S/2C3H6O2S.Cu/c2*1-2(6)3(4)5;/h2*2,6H,1H3,(H,4,5);. The van der Waals surface area contributed by atoms with E-state index in [1.807, 2.05) is 0 Å². The normalized spacial score (nSPS) is 12.6. The smallest absolute Gasteiger partial charge is 0.316 e. The Morgan fingerprint density at radius 2 is 1.08 bits per heavy atom. The summed E-state index contributed by atoms with van der Waals surface area (Å²) >= 11 is 7.19. The first-order valence-corrected chi connectivity index (χ1v) is 4.14. The Kier molecular flexibility index (Phi) is 14.9. The molecule has 0 aromatic rings. The average molecular weight is 276 g/mol. The fourth-order valence-electron chi connectivity index (χ4n) is 0. The number of carbonyl (C=O) groups is 2. The van der Waals surface area contributed by atoms with Crippen LogP contribution in [0.15, 0.2) is 0 Å². The van der Waals surface area contributed by atoms with Crippen LogP contribution in [0.25, 0.3) is 0 Å². The van der Waals surface area contributed by atoms with Crippen LogP contribution in [0.3, 0.4) is 0 Å². The molecular weight excluding hydrogens is 264 g/mol. The third kappa shape index (κ3) is 18.9. The predicted octanol–water partition coefficient (Wildman–Crippen LogP) is 0.776. The number of hydrogen-bond acceptors (Lipinski definition) is 4. The molecule has 0 aliphatic rings. The molecule has 0 aliphatic carbocycles. The van der Waals surface area contributed by atoms with Gasteiger partial charge in [-0.3, -0.25) is 9.59 Å². The van der Waals surface area contributed by atoms with E-state index < -0.39 is 22.4 Å². The summed E-state index contributed by atoms with van der Waals surface area (Å²) in [5.41, 5.74) is 0. The number of aliphatic carboxylic acids is 2. The molecule has 13 heavy (non-hydrogen) atoms. The van der Waals surface area contributed by atoms with Gasteiger partial charge in [0.1, 0.15) is 0 Å². The van der Waals surface area contributed by atoms with Crippen molar-refractivity contribution < 1.29 is 36.9 Å². The Morgan fingerprint density at radius 1 is 1.00 bits per heavy atom. The molecule has 83 valence electrons. The van der Waals surface area contributed by atoms with Crippen molar-refractivity contribution >= 4 is 37.2 Å². The molecule has 0 amide bonds. The van der Waals surface area contributed by atoms with E-state index >= 15 is 0 Å². The zero-order valence-electron chi connectivity index (χ0n) is 7.06. The third-order valence-electron chi connectivity index (χ3n) is 0.715. The number of hydrogen-bond donors (Lipinski definition) is 4. The molecule has 0 bridgehead atoms. The van der Waals surface area contributed by atoms with E-state index in [2.05, 4.69) is 25.3 Å². The molecule has 2 N–H and O–H groups in total. The van der Waals surface area contributed by atoms with Crippen molar-refractivity contribution in [1.29, 1.82) is 0 Å². The Balaban J connectivity index is -0.000000143. The van der Waals surface area contributed by atoms with Gasteiger partial charge < -0.3 is 10.2 Å². The summed E-state index contributed by atoms with van der Waals surface area (Å²) in [4.78, 5) is 19.2. The molecule has 0 rings (SSSR count). The summed E-state index contributed by atoms with van der Waals surface area (Å²) in [6.07, 6.45) is 0. The van der Waals surface area contributed by atoms with E-state index in [1.165, 1.54) is 13.8 Å². The predicted molar refractivity (Wildman–Crippen MR) is 52.2 cm³/mol. The molecule has 0 spiro atoms. The summed E-state index contributed by atoms with van der Waals surface area (Å²) in [7, 11) is 0. The van der Waals surface area contributed by atoms with Crippen molar-refractivity contribution in [1.82, 2.24) is 0 Å². The van der Waals surface area contributed by atoms with Gasteiger partial charge in [0.2, 0.25) is 0 Å². The number of thiol groups is 2. The second kappa shape index (κ2) is 10.2. The maximum atomic E-state index is 9.62. The van der Waals surface area contributed by atoms with Crippen LogP contribution in [0.4, 0.5) is 0 Å². The minimum atomic E-state index is -0.877. The van der Waals surface area contributed by atoms with Gasteiger partial charge in [-0.25, -0.2) is 0 Å². The Morgan fingerprint density at radius 3 is 1.08 bits per heavy atom. The molecule has 0 heterocycles. The first-order valence-electron chi connectivity index (χ1n) is 3.10. The summed E-state index contributed by atoms with van der Waals surface area (Å²) in [5.74, 6) is -1.75. The van der Waals surface area contributed by atoms with Crippen LogP contribution in [-0.4, -0.2) is 32.7 Å². The monoisotopic (exact) mass is 275 g/mol. The van der Waals surface area contributed by atoms with Gasteiger partial charge in [-0.1, -0.05) is 0 Å². The molecular formula is C6H12CuO4S2. The Bertz CT molecular complexity index is 143. The van der Waals surface area contributed by atoms with E-state index in [9.17, 15) is 9.59 Å². The van der Waals surface area contributed by atoms with Crippen molar-refractivity contribution in [2.75, 3.05) is 0 Å². The van der Waals surface area contributed by atoms with Crippen LogP contribution in [0.1, 0.15) is 13.8 Å². The summed E-state index contributed by atoms with van der Waals surface area (Å²) in [6.45, 7) is 3.01. The largest absolute Gasteiger partial charge is 0.480 e. The second-order valence-electron chi connectivity index (χ2n) is 2.03. The summed E-state index contributed by atoms with van der Waals surface area (Å²) < 4.78 is 0. The quantitative estimate of drug-likeness (QED) is 0.444.